The fourth-order valence-electron chi connectivity index (χ4n) is 2.99. The Labute approximate surface area is 200 Å². The van der Waals surface area contributed by atoms with E-state index >= 15 is 0 Å². The van der Waals surface area contributed by atoms with Gasteiger partial charge in [0.2, 0.25) is 0 Å². The van der Waals surface area contributed by atoms with Crippen molar-refractivity contribution in [3.05, 3.63) is 76.0 Å². The standard InChI is InChI=1S/C23H23BN4O3S2/c1-13-6-7-14(2)20(9-13)32-16-10-19(31-18-5-4-8-25-15(18)3)22(26-11-16)28-23-27-21(24-33-23)17(30)12-29/h4-11,17,29-30H,12H2,1-3H3,(H,26,27,28). The van der Waals surface area contributed by atoms with Gasteiger partial charge in [-0.05, 0) is 0 Å². The van der Waals surface area contributed by atoms with E-state index in [1.54, 1.807) is 30.3 Å². The molecule has 4 aromatic rings. The van der Waals surface area contributed by atoms with Gasteiger partial charge >= 0.3 is 201 Å². The molecule has 3 aromatic heterocycles. The number of rotatable bonds is 7. The van der Waals surface area contributed by atoms with Crippen molar-refractivity contribution < 1.29 is 14.9 Å². The summed E-state index contributed by atoms with van der Waals surface area (Å²) in [5.74, 6) is 1.51. The molecule has 1 unspecified atom stereocenters. The van der Waals surface area contributed by atoms with Crippen LogP contribution in [0.5, 0.6) is 11.5 Å². The molecule has 1 aromatic carbocycles. The third-order valence-electron chi connectivity index (χ3n) is 4.85. The summed E-state index contributed by atoms with van der Waals surface area (Å²) >= 11 is 2.93. The van der Waals surface area contributed by atoms with Crippen LogP contribution in [0, 0.1) is 20.8 Å². The molecule has 33 heavy (non-hydrogen) atoms. The van der Waals surface area contributed by atoms with E-state index in [4.69, 9.17) is 4.74 Å². The summed E-state index contributed by atoms with van der Waals surface area (Å²) in [5, 5.41) is 19.0. The van der Waals surface area contributed by atoms with Crippen molar-refractivity contribution in [3.8, 4) is 11.5 Å². The van der Waals surface area contributed by atoms with Gasteiger partial charge < -0.3 is 0 Å². The first-order valence-corrected chi connectivity index (χ1v) is 12.0. The second-order valence-electron chi connectivity index (χ2n) is 7.48. The first-order valence-electron chi connectivity index (χ1n) is 10.3. The van der Waals surface area contributed by atoms with Crippen molar-refractivity contribution in [2.75, 3.05) is 6.61 Å². The van der Waals surface area contributed by atoms with E-state index in [2.05, 4.69) is 52.0 Å². The molecule has 1 atom stereocenters. The number of H-pyrrole nitrogens is 1. The summed E-state index contributed by atoms with van der Waals surface area (Å²) in [5.41, 5.74) is 3.63. The topological polar surface area (TPSA) is 104 Å². The quantitative estimate of drug-likeness (QED) is 0.365. The van der Waals surface area contributed by atoms with Gasteiger partial charge in [0.15, 0.2) is 0 Å². The van der Waals surface area contributed by atoms with E-state index in [9.17, 15) is 10.2 Å². The Balaban J connectivity index is 1.74. The summed E-state index contributed by atoms with van der Waals surface area (Å²) < 4.78 is 6.19. The van der Waals surface area contributed by atoms with Crippen molar-refractivity contribution in [1.29, 1.82) is 0 Å². The molecule has 4 rings (SSSR count). The Hall–Kier alpha value is -2.79. The van der Waals surface area contributed by atoms with Gasteiger partial charge in [-0.3, -0.25) is 0 Å². The Morgan fingerprint density at radius 1 is 1.18 bits per heavy atom. The number of nitrogens with one attached hydrogen (secondary N) is 1. The zero-order valence-electron chi connectivity index (χ0n) is 18.4. The number of benzene rings is 1. The maximum atomic E-state index is 9.84. The van der Waals surface area contributed by atoms with E-state index < -0.39 is 6.10 Å². The predicted molar refractivity (Wildman–Crippen MR) is 131 cm³/mol. The monoisotopic (exact) mass is 478 g/mol. The molecular weight excluding hydrogens is 455 g/mol. The number of hydrogen-bond donors (Lipinski definition) is 3. The molecule has 7 nitrogen and oxygen atoms in total. The Morgan fingerprint density at radius 2 is 2.03 bits per heavy atom. The van der Waals surface area contributed by atoms with E-state index in [-0.39, 0.29) is 6.61 Å². The van der Waals surface area contributed by atoms with Crippen LogP contribution in [0.4, 0.5) is 5.82 Å². The van der Waals surface area contributed by atoms with E-state index in [0.717, 1.165) is 15.5 Å². The van der Waals surface area contributed by atoms with Gasteiger partial charge in [-0.1, -0.05) is 0 Å². The van der Waals surface area contributed by atoms with Crippen LogP contribution in [0.2, 0.25) is 0 Å². The average Bonchev–Trinajstić information content (AvgIpc) is 3.27. The molecule has 3 heterocycles. The van der Waals surface area contributed by atoms with Gasteiger partial charge in [-0.25, -0.2) is 0 Å². The zero-order valence-corrected chi connectivity index (χ0v) is 20.1. The van der Waals surface area contributed by atoms with Gasteiger partial charge in [0, 0.05) is 0 Å². The third kappa shape index (κ3) is 5.77. The predicted octanol–water partition coefficient (Wildman–Crippen LogP) is 4.33. The van der Waals surface area contributed by atoms with Crippen molar-refractivity contribution in [1.82, 2.24) is 15.0 Å². The second-order valence-corrected chi connectivity index (χ2v) is 9.46. The number of pyridine rings is 2. The van der Waals surface area contributed by atoms with Crippen LogP contribution >= 0.6 is 22.9 Å². The molecule has 0 aliphatic heterocycles. The normalized spacial score (nSPS) is 12.6. The second kappa shape index (κ2) is 10.4. The van der Waals surface area contributed by atoms with Crippen LogP contribution in [0.3, 0.4) is 0 Å². The van der Waals surface area contributed by atoms with Gasteiger partial charge in [0.25, 0.3) is 0 Å². The molecule has 0 radical (unpaired) electrons. The summed E-state index contributed by atoms with van der Waals surface area (Å²) in [4.78, 5) is 19.1. The van der Waals surface area contributed by atoms with Gasteiger partial charge in [0.05, 0.1) is 0 Å². The van der Waals surface area contributed by atoms with Crippen molar-refractivity contribution in [2.45, 2.75) is 36.7 Å². The van der Waals surface area contributed by atoms with Crippen molar-refractivity contribution >= 4 is 34.9 Å². The van der Waals surface area contributed by atoms with Gasteiger partial charge in [-0.15, -0.1) is 0 Å². The molecule has 0 aliphatic rings. The van der Waals surface area contributed by atoms with Crippen LogP contribution in [0.25, 0.3) is 0 Å². The maximum absolute atomic E-state index is 9.84. The summed E-state index contributed by atoms with van der Waals surface area (Å²) in [6.45, 7) is 5.66. The van der Waals surface area contributed by atoms with Crippen LogP contribution in [0.1, 0.15) is 28.5 Å². The average molecular weight is 478 g/mol. The fourth-order valence-corrected chi connectivity index (χ4v) is 4.76. The molecule has 0 fully saturated rings. The third-order valence-corrected chi connectivity index (χ3v) is 6.75. The van der Waals surface area contributed by atoms with Crippen molar-refractivity contribution in [3.63, 3.8) is 0 Å². The number of aliphatic hydroxyl groups is 2. The SMILES string of the molecule is Cc1ccc(C)c(Sc2cnc(/N=c3/[nH]c(C(O)CO)bs3)c(Oc3cccnc3C)c2)c1. The first-order chi connectivity index (χ1) is 15.9. The van der Waals surface area contributed by atoms with Crippen LogP contribution in [-0.2, 0) is 0 Å². The first kappa shape index (κ1) is 23.4. The molecular formula is C23H23BN4O3S2. The molecule has 10 heteroatoms. The number of aliphatic hydroxyl groups excluding tert-OH is 2. The Morgan fingerprint density at radius 3 is 2.82 bits per heavy atom. The van der Waals surface area contributed by atoms with E-state index in [1.165, 1.54) is 22.3 Å². The summed E-state index contributed by atoms with van der Waals surface area (Å²) in [6, 6.07) is 11.9. The van der Waals surface area contributed by atoms with Gasteiger partial charge in [0.1, 0.15) is 0 Å². The molecule has 0 saturated heterocycles. The van der Waals surface area contributed by atoms with Crippen molar-refractivity contribution in [2.24, 2.45) is 4.99 Å². The fraction of sp³-hybridized carbons (Fsp3) is 0.217. The molecule has 0 bridgehead atoms. The molecule has 168 valence electrons. The molecule has 0 amide bonds. The van der Waals surface area contributed by atoms with Crippen LogP contribution in [0.15, 0.2) is 63.6 Å². The minimum atomic E-state index is -0.983. The number of nitrogens with zero attached hydrogens (tertiary/aromatic N) is 3. The number of aromatic nitrogens is 3. The number of hydrogen-bond acceptors (Lipinski definition) is 8. The molecule has 0 aliphatic carbocycles. The minimum absolute atomic E-state index is 0.371. The Bertz CT molecular complexity index is 1340. The number of aryl methyl sites for hydroxylation is 3. The molecule has 0 saturated carbocycles. The van der Waals surface area contributed by atoms with Crippen LogP contribution < -0.4 is 9.54 Å². The molecule has 0 spiro atoms. The molecule has 3 N–H and O–H groups in total. The van der Waals surface area contributed by atoms with Crippen LogP contribution in [-0.4, -0.2) is 37.9 Å². The van der Waals surface area contributed by atoms with Gasteiger partial charge in [-0.2, -0.15) is 0 Å². The summed E-state index contributed by atoms with van der Waals surface area (Å²) in [6.07, 6.45) is 4.22. The van der Waals surface area contributed by atoms with E-state index in [1.807, 2.05) is 25.1 Å². The number of aromatic amines is 1. The van der Waals surface area contributed by atoms with E-state index in [0.29, 0.717) is 27.7 Å². The zero-order chi connectivity index (χ0) is 23.4. The number of ether oxygens (including phenoxy) is 1. The summed E-state index contributed by atoms with van der Waals surface area (Å²) in [7, 11) is 0. The Kier molecular flexibility index (Phi) is 7.39.